The summed E-state index contributed by atoms with van der Waals surface area (Å²) in [6, 6.07) is 0. The highest BCUT2D eigenvalue weighted by Crippen LogP contribution is 2.39. The van der Waals surface area contributed by atoms with Gasteiger partial charge in [-0.1, -0.05) is 100 Å². The Morgan fingerprint density at radius 2 is 1.53 bits per heavy atom. The van der Waals surface area contributed by atoms with Crippen LogP contribution in [0.3, 0.4) is 0 Å². The Morgan fingerprint density at radius 3 is 2.16 bits per heavy atom. The van der Waals surface area contributed by atoms with Crippen molar-refractivity contribution in [1.29, 1.82) is 0 Å². The van der Waals surface area contributed by atoms with Crippen LogP contribution >= 0.6 is 0 Å². The largest absolute Gasteiger partial charge is 0.0917 e. The van der Waals surface area contributed by atoms with E-state index in [1.807, 2.05) is 0 Å². The van der Waals surface area contributed by atoms with E-state index in [1.54, 1.807) is 5.57 Å². The standard InChI is InChI=1S/C32H56/c1-7-11-17-28(6)25-29-21-23-30(24-22-29)26-31(10-4)32(19-12-8-2)20-15-13-14-18-27(5)16-9-3/h7-9,11-12,16-17,27,29-32H,10,13-15,18-26H2,1-6H3. The smallest absolute Gasteiger partial charge is 0.0262 e. The molecule has 0 N–H and O–H groups in total. The van der Waals surface area contributed by atoms with Gasteiger partial charge in [0, 0.05) is 0 Å². The lowest BCUT2D eigenvalue weighted by Gasteiger charge is -2.34. The maximum atomic E-state index is 2.45. The summed E-state index contributed by atoms with van der Waals surface area (Å²) < 4.78 is 0. The highest BCUT2D eigenvalue weighted by molar-refractivity contribution is 5.10. The fourth-order valence-corrected chi connectivity index (χ4v) is 5.91. The molecule has 0 amide bonds. The van der Waals surface area contributed by atoms with Gasteiger partial charge < -0.3 is 0 Å². The number of unbranched alkanes of at least 4 members (excludes halogenated alkanes) is 2. The molecule has 0 heteroatoms. The van der Waals surface area contributed by atoms with Gasteiger partial charge in [0.15, 0.2) is 0 Å². The van der Waals surface area contributed by atoms with E-state index in [9.17, 15) is 0 Å². The first-order valence-electron chi connectivity index (χ1n) is 14.1. The van der Waals surface area contributed by atoms with Gasteiger partial charge in [-0.3, -0.25) is 0 Å². The van der Waals surface area contributed by atoms with Crippen LogP contribution in [0.4, 0.5) is 0 Å². The van der Waals surface area contributed by atoms with Crippen molar-refractivity contribution in [3.63, 3.8) is 0 Å². The molecule has 1 aliphatic rings. The summed E-state index contributed by atoms with van der Waals surface area (Å²) in [6.07, 6.45) is 34.2. The Bertz CT molecular complexity index is 553. The molecule has 0 heterocycles. The van der Waals surface area contributed by atoms with Crippen molar-refractivity contribution in [3.05, 3.63) is 48.1 Å². The van der Waals surface area contributed by atoms with Crippen molar-refractivity contribution in [1.82, 2.24) is 0 Å². The Labute approximate surface area is 202 Å². The Balaban J connectivity index is 2.47. The van der Waals surface area contributed by atoms with E-state index in [0.29, 0.717) is 0 Å². The molecule has 1 fully saturated rings. The van der Waals surface area contributed by atoms with Crippen LogP contribution in [-0.4, -0.2) is 0 Å². The lowest BCUT2D eigenvalue weighted by atomic mass is 9.72. The van der Waals surface area contributed by atoms with E-state index >= 15 is 0 Å². The van der Waals surface area contributed by atoms with Gasteiger partial charge in [0.25, 0.3) is 0 Å². The molecule has 0 aromatic rings. The molecule has 0 radical (unpaired) electrons. The zero-order chi connectivity index (χ0) is 23.6. The highest BCUT2D eigenvalue weighted by Gasteiger charge is 2.26. The first-order chi connectivity index (χ1) is 15.5. The van der Waals surface area contributed by atoms with Crippen LogP contribution in [0.15, 0.2) is 48.1 Å². The predicted molar refractivity (Wildman–Crippen MR) is 147 cm³/mol. The average molecular weight is 441 g/mol. The van der Waals surface area contributed by atoms with Crippen molar-refractivity contribution < 1.29 is 0 Å². The third kappa shape index (κ3) is 12.9. The lowest BCUT2D eigenvalue weighted by molar-refractivity contribution is 0.189. The SMILES string of the molecule is CC=CC=C(C)CC1CCC(CC(CC)C(CC=CC)CCCCCC(C)C=CC)CC1. The number of allylic oxidation sites excluding steroid dienone is 8. The molecule has 1 aliphatic carbocycles. The Hall–Kier alpha value is -1.04. The Kier molecular flexibility index (Phi) is 16.7. The molecule has 1 rings (SSSR count). The van der Waals surface area contributed by atoms with Gasteiger partial charge in [0.2, 0.25) is 0 Å². The minimum atomic E-state index is 0.750. The van der Waals surface area contributed by atoms with Crippen molar-refractivity contribution in [2.24, 2.45) is 29.6 Å². The molecule has 184 valence electrons. The van der Waals surface area contributed by atoms with E-state index < -0.39 is 0 Å². The van der Waals surface area contributed by atoms with E-state index in [-0.39, 0.29) is 0 Å². The lowest BCUT2D eigenvalue weighted by Crippen LogP contribution is -2.22. The van der Waals surface area contributed by atoms with Crippen LogP contribution in [0.25, 0.3) is 0 Å². The first kappa shape index (κ1) is 29.0. The van der Waals surface area contributed by atoms with Crippen LogP contribution in [0.2, 0.25) is 0 Å². The van der Waals surface area contributed by atoms with E-state index in [2.05, 4.69) is 84.1 Å². The predicted octanol–water partition coefficient (Wildman–Crippen LogP) is 10.9. The summed E-state index contributed by atoms with van der Waals surface area (Å²) in [5.41, 5.74) is 1.56. The highest BCUT2D eigenvalue weighted by atomic mass is 14.3. The second kappa shape index (κ2) is 18.4. The topological polar surface area (TPSA) is 0 Å². The second-order valence-corrected chi connectivity index (χ2v) is 10.7. The van der Waals surface area contributed by atoms with Crippen LogP contribution in [0.1, 0.15) is 125 Å². The summed E-state index contributed by atoms with van der Waals surface area (Å²) >= 11 is 0. The number of hydrogen-bond donors (Lipinski definition) is 0. The Morgan fingerprint density at radius 1 is 0.844 bits per heavy atom. The maximum Gasteiger partial charge on any atom is -0.0262 e. The quantitative estimate of drug-likeness (QED) is 0.127. The number of rotatable bonds is 16. The first-order valence-corrected chi connectivity index (χ1v) is 14.1. The van der Waals surface area contributed by atoms with Crippen molar-refractivity contribution >= 4 is 0 Å². The van der Waals surface area contributed by atoms with Gasteiger partial charge in [0.05, 0.1) is 0 Å². The zero-order valence-electron chi connectivity index (χ0n) is 22.6. The van der Waals surface area contributed by atoms with Gasteiger partial charge >= 0.3 is 0 Å². The van der Waals surface area contributed by atoms with Crippen molar-refractivity contribution in [2.75, 3.05) is 0 Å². The molecule has 0 aromatic carbocycles. The van der Waals surface area contributed by atoms with Gasteiger partial charge in [0.1, 0.15) is 0 Å². The van der Waals surface area contributed by atoms with Crippen molar-refractivity contribution in [3.8, 4) is 0 Å². The molecule has 0 saturated heterocycles. The van der Waals surface area contributed by atoms with E-state index in [4.69, 9.17) is 0 Å². The average Bonchev–Trinajstić information content (AvgIpc) is 2.79. The number of hydrogen-bond acceptors (Lipinski definition) is 0. The summed E-state index contributed by atoms with van der Waals surface area (Å²) in [5.74, 6) is 4.47. The fraction of sp³-hybridized carbons (Fsp3) is 0.750. The molecule has 0 aliphatic heterocycles. The zero-order valence-corrected chi connectivity index (χ0v) is 22.6. The molecule has 0 aromatic heterocycles. The van der Waals surface area contributed by atoms with Crippen molar-refractivity contribution in [2.45, 2.75) is 125 Å². The molecule has 32 heavy (non-hydrogen) atoms. The molecule has 0 bridgehead atoms. The van der Waals surface area contributed by atoms with Crippen LogP contribution < -0.4 is 0 Å². The summed E-state index contributed by atoms with van der Waals surface area (Å²) in [4.78, 5) is 0. The molecule has 1 saturated carbocycles. The van der Waals surface area contributed by atoms with Gasteiger partial charge in [-0.05, 0) is 102 Å². The molecule has 3 atom stereocenters. The monoisotopic (exact) mass is 440 g/mol. The normalized spacial score (nSPS) is 23.4. The third-order valence-electron chi connectivity index (χ3n) is 7.91. The van der Waals surface area contributed by atoms with Gasteiger partial charge in [-0.25, -0.2) is 0 Å². The van der Waals surface area contributed by atoms with Crippen LogP contribution in [0.5, 0.6) is 0 Å². The van der Waals surface area contributed by atoms with Crippen LogP contribution in [-0.2, 0) is 0 Å². The van der Waals surface area contributed by atoms with Gasteiger partial charge in [-0.2, -0.15) is 0 Å². The summed E-state index contributed by atoms with van der Waals surface area (Å²) in [5, 5.41) is 0. The van der Waals surface area contributed by atoms with E-state index in [0.717, 1.165) is 29.6 Å². The van der Waals surface area contributed by atoms with E-state index in [1.165, 1.54) is 83.5 Å². The minimum absolute atomic E-state index is 0.750. The summed E-state index contributed by atoms with van der Waals surface area (Å²) in [6.45, 7) is 13.6. The minimum Gasteiger partial charge on any atom is -0.0917 e. The summed E-state index contributed by atoms with van der Waals surface area (Å²) in [7, 11) is 0. The molecule has 0 nitrogen and oxygen atoms in total. The molecular formula is C32H56. The second-order valence-electron chi connectivity index (χ2n) is 10.7. The maximum absolute atomic E-state index is 2.45. The molecular weight excluding hydrogens is 384 g/mol. The van der Waals surface area contributed by atoms with Crippen LogP contribution in [0, 0.1) is 29.6 Å². The molecule has 0 spiro atoms. The third-order valence-corrected chi connectivity index (χ3v) is 7.91. The van der Waals surface area contributed by atoms with Gasteiger partial charge in [-0.15, -0.1) is 0 Å². The fourth-order valence-electron chi connectivity index (χ4n) is 5.91. The molecule has 3 unspecified atom stereocenters.